The van der Waals surface area contributed by atoms with Crippen LogP contribution in [0.2, 0.25) is 0 Å². The third kappa shape index (κ3) is 3.00. The Bertz CT molecular complexity index is 741. The number of nitro benzene ring substituents is 1. The standard InChI is InChI=1S/C13H10FNO4S/c14-13-4-2-1-3-10(13)9-20(18,19)12-7-5-11(6-8-12)15(16)17/h1-8H,9H2. The van der Waals surface area contributed by atoms with E-state index in [1.807, 2.05) is 0 Å². The molecule has 0 saturated carbocycles. The summed E-state index contributed by atoms with van der Waals surface area (Å²) >= 11 is 0. The van der Waals surface area contributed by atoms with Crippen LogP contribution in [-0.2, 0) is 15.6 Å². The fraction of sp³-hybridized carbons (Fsp3) is 0.0769. The molecule has 2 aromatic rings. The predicted octanol–water partition coefficient (Wildman–Crippen LogP) is 2.71. The summed E-state index contributed by atoms with van der Waals surface area (Å²) in [4.78, 5) is 9.81. The molecule has 0 atom stereocenters. The average Bonchev–Trinajstić information content (AvgIpc) is 2.41. The molecule has 0 bridgehead atoms. The SMILES string of the molecule is O=[N+]([O-])c1ccc(S(=O)(=O)Cc2ccccc2F)cc1. The normalized spacial score (nSPS) is 11.2. The molecule has 0 heterocycles. The quantitative estimate of drug-likeness (QED) is 0.642. The van der Waals surface area contributed by atoms with Gasteiger partial charge in [-0.25, -0.2) is 12.8 Å². The maximum atomic E-state index is 13.5. The zero-order valence-electron chi connectivity index (χ0n) is 10.2. The molecule has 104 valence electrons. The van der Waals surface area contributed by atoms with E-state index in [4.69, 9.17) is 0 Å². The number of halogens is 1. The number of benzene rings is 2. The van der Waals surface area contributed by atoms with Crippen molar-refractivity contribution in [3.8, 4) is 0 Å². The lowest BCUT2D eigenvalue weighted by molar-refractivity contribution is -0.384. The van der Waals surface area contributed by atoms with Crippen LogP contribution in [0.1, 0.15) is 5.56 Å². The van der Waals surface area contributed by atoms with Gasteiger partial charge in [0.25, 0.3) is 5.69 Å². The summed E-state index contributed by atoms with van der Waals surface area (Å²) in [5, 5.41) is 10.5. The van der Waals surface area contributed by atoms with Crippen molar-refractivity contribution in [3.63, 3.8) is 0 Å². The van der Waals surface area contributed by atoms with Crippen LogP contribution in [0, 0.1) is 15.9 Å². The molecular formula is C13H10FNO4S. The number of nitrogens with zero attached hydrogens (tertiary/aromatic N) is 1. The van der Waals surface area contributed by atoms with Crippen molar-refractivity contribution >= 4 is 15.5 Å². The molecule has 0 N–H and O–H groups in total. The van der Waals surface area contributed by atoms with Gasteiger partial charge in [-0.05, 0) is 18.2 Å². The van der Waals surface area contributed by atoms with Gasteiger partial charge in [-0.2, -0.15) is 0 Å². The molecule has 0 aromatic heterocycles. The zero-order valence-corrected chi connectivity index (χ0v) is 11.0. The van der Waals surface area contributed by atoms with Crippen LogP contribution in [0.4, 0.5) is 10.1 Å². The summed E-state index contributed by atoms with van der Waals surface area (Å²) in [6.45, 7) is 0. The highest BCUT2D eigenvalue weighted by Gasteiger charge is 2.18. The lowest BCUT2D eigenvalue weighted by Gasteiger charge is -2.05. The minimum Gasteiger partial charge on any atom is -0.258 e. The third-order valence-corrected chi connectivity index (χ3v) is 4.39. The second kappa shape index (κ2) is 5.38. The minimum atomic E-state index is -3.74. The lowest BCUT2D eigenvalue weighted by atomic mass is 10.2. The highest BCUT2D eigenvalue weighted by Crippen LogP contribution is 2.20. The van der Waals surface area contributed by atoms with E-state index in [1.165, 1.54) is 18.2 Å². The number of rotatable bonds is 4. The van der Waals surface area contributed by atoms with E-state index in [-0.39, 0.29) is 16.1 Å². The fourth-order valence-corrected chi connectivity index (χ4v) is 3.04. The van der Waals surface area contributed by atoms with Gasteiger partial charge in [0.05, 0.1) is 15.6 Å². The summed E-state index contributed by atoms with van der Waals surface area (Å²) in [6.07, 6.45) is 0. The molecule has 0 amide bonds. The van der Waals surface area contributed by atoms with Gasteiger partial charge >= 0.3 is 0 Å². The molecule has 20 heavy (non-hydrogen) atoms. The van der Waals surface area contributed by atoms with E-state index in [1.54, 1.807) is 6.07 Å². The molecule has 0 aliphatic rings. The van der Waals surface area contributed by atoms with Crippen molar-refractivity contribution in [2.75, 3.05) is 0 Å². The number of nitro groups is 1. The minimum absolute atomic E-state index is 0.0610. The molecule has 0 radical (unpaired) electrons. The van der Waals surface area contributed by atoms with Crippen LogP contribution < -0.4 is 0 Å². The van der Waals surface area contributed by atoms with E-state index < -0.39 is 26.3 Å². The highest BCUT2D eigenvalue weighted by molar-refractivity contribution is 7.90. The molecule has 2 rings (SSSR count). The van der Waals surface area contributed by atoms with Crippen LogP contribution in [0.3, 0.4) is 0 Å². The van der Waals surface area contributed by atoms with Crippen molar-refractivity contribution in [1.29, 1.82) is 0 Å². The van der Waals surface area contributed by atoms with Gasteiger partial charge in [-0.1, -0.05) is 18.2 Å². The number of non-ortho nitro benzene ring substituents is 1. The van der Waals surface area contributed by atoms with E-state index >= 15 is 0 Å². The molecule has 0 aliphatic heterocycles. The monoisotopic (exact) mass is 295 g/mol. The van der Waals surface area contributed by atoms with Crippen molar-refractivity contribution < 1.29 is 17.7 Å². The van der Waals surface area contributed by atoms with Crippen molar-refractivity contribution in [2.24, 2.45) is 0 Å². The van der Waals surface area contributed by atoms with E-state index in [9.17, 15) is 22.9 Å². The Morgan fingerprint density at radius 3 is 2.20 bits per heavy atom. The first-order chi connectivity index (χ1) is 9.40. The molecule has 0 unspecified atom stereocenters. The van der Waals surface area contributed by atoms with Gasteiger partial charge in [0.2, 0.25) is 0 Å². The Morgan fingerprint density at radius 1 is 1.05 bits per heavy atom. The molecule has 0 spiro atoms. The van der Waals surface area contributed by atoms with Crippen molar-refractivity contribution in [3.05, 3.63) is 70.0 Å². The zero-order chi connectivity index (χ0) is 14.8. The number of sulfone groups is 1. The first-order valence-corrected chi connectivity index (χ1v) is 7.26. The van der Waals surface area contributed by atoms with Crippen LogP contribution in [0.5, 0.6) is 0 Å². The number of hydrogen-bond donors (Lipinski definition) is 0. The highest BCUT2D eigenvalue weighted by atomic mass is 32.2. The summed E-state index contributed by atoms with van der Waals surface area (Å²) in [5.74, 6) is -1.09. The maximum Gasteiger partial charge on any atom is 0.269 e. The van der Waals surface area contributed by atoms with E-state index in [2.05, 4.69) is 0 Å². The van der Waals surface area contributed by atoms with Crippen LogP contribution in [0.25, 0.3) is 0 Å². The van der Waals surface area contributed by atoms with Crippen LogP contribution >= 0.6 is 0 Å². The summed E-state index contributed by atoms with van der Waals surface area (Å²) < 4.78 is 37.6. The molecule has 0 fully saturated rings. The Labute approximate surface area is 114 Å². The topological polar surface area (TPSA) is 77.3 Å². The lowest BCUT2D eigenvalue weighted by Crippen LogP contribution is -2.06. The van der Waals surface area contributed by atoms with Crippen LogP contribution in [-0.4, -0.2) is 13.3 Å². The molecule has 2 aromatic carbocycles. The first kappa shape index (κ1) is 14.1. The first-order valence-electron chi connectivity index (χ1n) is 5.61. The Kier molecular flexibility index (Phi) is 3.80. The van der Waals surface area contributed by atoms with Crippen molar-refractivity contribution in [2.45, 2.75) is 10.6 Å². The van der Waals surface area contributed by atoms with Gasteiger partial charge in [-0.3, -0.25) is 10.1 Å². The maximum absolute atomic E-state index is 13.5. The number of hydrogen-bond acceptors (Lipinski definition) is 4. The second-order valence-electron chi connectivity index (χ2n) is 4.10. The molecule has 5 nitrogen and oxygen atoms in total. The third-order valence-electron chi connectivity index (χ3n) is 2.71. The van der Waals surface area contributed by atoms with E-state index in [0.29, 0.717) is 0 Å². The molecule has 0 saturated heterocycles. The molecular weight excluding hydrogens is 285 g/mol. The Balaban J connectivity index is 2.31. The van der Waals surface area contributed by atoms with Gasteiger partial charge in [0, 0.05) is 17.7 Å². The smallest absolute Gasteiger partial charge is 0.258 e. The van der Waals surface area contributed by atoms with Crippen molar-refractivity contribution in [1.82, 2.24) is 0 Å². The van der Waals surface area contributed by atoms with E-state index in [0.717, 1.165) is 24.3 Å². The molecule has 0 aliphatic carbocycles. The fourth-order valence-electron chi connectivity index (χ4n) is 1.68. The summed E-state index contributed by atoms with van der Waals surface area (Å²) in [7, 11) is -3.74. The molecule has 7 heteroatoms. The summed E-state index contributed by atoms with van der Waals surface area (Å²) in [5.41, 5.74) is -0.138. The Hall–Kier alpha value is -2.28. The van der Waals surface area contributed by atoms with Gasteiger partial charge in [-0.15, -0.1) is 0 Å². The summed E-state index contributed by atoms with van der Waals surface area (Å²) in [6, 6.07) is 10.1. The predicted molar refractivity (Wildman–Crippen MR) is 70.4 cm³/mol. The van der Waals surface area contributed by atoms with Gasteiger partial charge in [0.15, 0.2) is 9.84 Å². The average molecular weight is 295 g/mol. The van der Waals surface area contributed by atoms with Gasteiger partial charge < -0.3 is 0 Å². The van der Waals surface area contributed by atoms with Crippen LogP contribution in [0.15, 0.2) is 53.4 Å². The second-order valence-corrected chi connectivity index (χ2v) is 6.09. The van der Waals surface area contributed by atoms with Gasteiger partial charge in [0.1, 0.15) is 5.82 Å². The Morgan fingerprint density at radius 2 is 1.65 bits per heavy atom. The largest absolute Gasteiger partial charge is 0.269 e.